The summed E-state index contributed by atoms with van der Waals surface area (Å²) in [7, 11) is 1.87. The first-order chi connectivity index (χ1) is 14.2. The summed E-state index contributed by atoms with van der Waals surface area (Å²) < 4.78 is 55.8. The van der Waals surface area contributed by atoms with Gasteiger partial charge in [-0.3, -0.25) is 0 Å². The molecule has 3 N–H and O–H groups in total. The van der Waals surface area contributed by atoms with Crippen molar-refractivity contribution < 1.29 is 17.6 Å². The van der Waals surface area contributed by atoms with E-state index in [0.717, 1.165) is 6.54 Å². The summed E-state index contributed by atoms with van der Waals surface area (Å²) in [6.45, 7) is 0.175. The zero-order valence-corrected chi connectivity index (χ0v) is 17.2. The molecule has 1 aliphatic heterocycles. The van der Waals surface area contributed by atoms with Crippen molar-refractivity contribution in [1.82, 2.24) is 14.5 Å². The second-order valence-corrected chi connectivity index (χ2v) is 8.49. The highest BCUT2D eigenvalue weighted by molar-refractivity contribution is 7.13. The number of anilines is 1. The van der Waals surface area contributed by atoms with Crippen LogP contribution in [-0.2, 0) is 13.1 Å². The van der Waals surface area contributed by atoms with Crippen molar-refractivity contribution in [3.63, 3.8) is 0 Å². The van der Waals surface area contributed by atoms with Gasteiger partial charge in [-0.05, 0) is 31.7 Å². The van der Waals surface area contributed by atoms with Gasteiger partial charge in [-0.15, -0.1) is 11.3 Å². The van der Waals surface area contributed by atoms with Gasteiger partial charge in [0, 0.05) is 36.1 Å². The quantitative estimate of drug-likeness (QED) is 0.582. The lowest BCUT2D eigenvalue weighted by Crippen LogP contribution is -2.46. The molecule has 0 saturated carbocycles. The van der Waals surface area contributed by atoms with E-state index < -0.39 is 18.9 Å². The number of aromatic nitrogens is 2. The van der Waals surface area contributed by atoms with Gasteiger partial charge in [0.25, 0.3) is 0 Å². The molecule has 4 rings (SSSR count). The smallest absolute Gasteiger partial charge is 0.379 e. The van der Waals surface area contributed by atoms with Crippen molar-refractivity contribution in [2.45, 2.75) is 37.9 Å². The molecular weight excluding hydrogens is 418 g/mol. The Labute approximate surface area is 175 Å². The van der Waals surface area contributed by atoms with Crippen molar-refractivity contribution in [2.24, 2.45) is 5.73 Å². The Morgan fingerprint density at radius 1 is 1.33 bits per heavy atom. The largest absolute Gasteiger partial charge is 0.406 e. The number of likely N-dealkylation sites (tertiary alicyclic amines) is 1. The second-order valence-electron chi connectivity index (χ2n) is 7.64. The molecule has 1 aromatic carbocycles. The van der Waals surface area contributed by atoms with Crippen LogP contribution in [0.2, 0.25) is 0 Å². The van der Waals surface area contributed by atoms with Gasteiger partial charge in [0.1, 0.15) is 17.7 Å². The Morgan fingerprint density at radius 2 is 2.13 bits per heavy atom. The molecule has 0 radical (unpaired) electrons. The molecular formula is C20H23F4N5S. The van der Waals surface area contributed by atoms with E-state index in [2.05, 4.69) is 10.3 Å². The Morgan fingerprint density at radius 3 is 2.80 bits per heavy atom. The van der Waals surface area contributed by atoms with Gasteiger partial charge >= 0.3 is 6.18 Å². The first-order valence-electron chi connectivity index (χ1n) is 9.68. The number of nitrogens with two attached hydrogens (primary N) is 1. The van der Waals surface area contributed by atoms with Crippen molar-refractivity contribution in [1.29, 1.82) is 0 Å². The SMILES string of the molecule is CN1CC[C@@H](Nc2cccc3c2cc(-c2nc(CN)cs2)n3CC(F)(F)F)[C@@H](F)C1. The van der Waals surface area contributed by atoms with Gasteiger partial charge in [-0.1, -0.05) is 6.07 Å². The van der Waals surface area contributed by atoms with Crippen LogP contribution in [0.5, 0.6) is 0 Å². The Bertz CT molecular complexity index is 1030. The first-order valence-corrected chi connectivity index (χ1v) is 10.6. The number of piperidine rings is 1. The third-order valence-corrected chi connectivity index (χ3v) is 6.26. The van der Waals surface area contributed by atoms with Crippen LogP contribution in [0.25, 0.3) is 21.6 Å². The van der Waals surface area contributed by atoms with Gasteiger partial charge < -0.3 is 20.5 Å². The molecule has 1 fully saturated rings. The van der Waals surface area contributed by atoms with Crippen LogP contribution >= 0.6 is 11.3 Å². The van der Waals surface area contributed by atoms with Crippen LogP contribution in [0.3, 0.4) is 0 Å². The molecule has 5 nitrogen and oxygen atoms in total. The summed E-state index contributed by atoms with van der Waals surface area (Å²) >= 11 is 1.26. The molecule has 0 spiro atoms. The van der Waals surface area contributed by atoms with Crippen LogP contribution < -0.4 is 11.1 Å². The van der Waals surface area contributed by atoms with Crippen LogP contribution in [-0.4, -0.2) is 53.0 Å². The van der Waals surface area contributed by atoms with Crippen LogP contribution in [0.15, 0.2) is 29.6 Å². The van der Waals surface area contributed by atoms with E-state index in [9.17, 15) is 17.6 Å². The molecule has 3 heterocycles. The Balaban J connectivity index is 1.77. The number of alkyl halides is 4. The molecule has 0 bridgehead atoms. The van der Waals surface area contributed by atoms with Crippen molar-refractivity contribution in [2.75, 3.05) is 25.5 Å². The fraction of sp³-hybridized carbons (Fsp3) is 0.450. The summed E-state index contributed by atoms with van der Waals surface area (Å²) in [5.74, 6) is 0. The Kier molecular flexibility index (Phi) is 5.73. The number of thiazole rings is 1. The van der Waals surface area contributed by atoms with Gasteiger partial charge in [0.05, 0.1) is 22.9 Å². The van der Waals surface area contributed by atoms with Crippen LogP contribution in [0.4, 0.5) is 23.2 Å². The maximum Gasteiger partial charge on any atom is 0.406 e. The van der Waals surface area contributed by atoms with Crippen molar-refractivity contribution in [3.8, 4) is 10.7 Å². The molecule has 0 unspecified atom stereocenters. The zero-order valence-electron chi connectivity index (χ0n) is 16.4. The number of halogens is 4. The minimum atomic E-state index is -4.39. The predicted molar refractivity (Wildman–Crippen MR) is 111 cm³/mol. The highest BCUT2D eigenvalue weighted by atomic mass is 32.1. The average molecular weight is 441 g/mol. The molecule has 1 aliphatic rings. The average Bonchev–Trinajstić information content (AvgIpc) is 3.28. The number of rotatable bonds is 5. The molecule has 10 heteroatoms. The highest BCUT2D eigenvalue weighted by Gasteiger charge is 2.32. The van der Waals surface area contributed by atoms with Crippen molar-refractivity contribution in [3.05, 3.63) is 35.3 Å². The summed E-state index contributed by atoms with van der Waals surface area (Å²) in [4.78, 5) is 6.30. The van der Waals surface area contributed by atoms with E-state index in [-0.39, 0.29) is 12.6 Å². The summed E-state index contributed by atoms with van der Waals surface area (Å²) in [6, 6.07) is 6.43. The van der Waals surface area contributed by atoms with Crippen LogP contribution in [0, 0.1) is 0 Å². The third kappa shape index (κ3) is 4.30. The number of hydrogen-bond acceptors (Lipinski definition) is 5. The van der Waals surface area contributed by atoms with Crippen molar-refractivity contribution >= 4 is 27.9 Å². The lowest BCUT2D eigenvalue weighted by molar-refractivity contribution is -0.139. The van der Waals surface area contributed by atoms with Crippen LogP contribution in [0.1, 0.15) is 12.1 Å². The normalized spacial score (nSPS) is 20.7. The lowest BCUT2D eigenvalue weighted by atomic mass is 10.0. The van der Waals surface area contributed by atoms with E-state index in [1.54, 1.807) is 29.6 Å². The summed E-state index contributed by atoms with van der Waals surface area (Å²) in [5.41, 5.74) is 7.68. The molecule has 1 saturated heterocycles. The molecule has 0 amide bonds. The topological polar surface area (TPSA) is 59.1 Å². The third-order valence-electron chi connectivity index (χ3n) is 5.35. The van der Waals surface area contributed by atoms with E-state index in [1.807, 2.05) is 11.9 Å². The molecule has 2 atom stereocenters. The molecule has 0 aliphatic carbocycles. The molecule has 3 aromatic rings. The summed E-state index contributed by atoms with van der Waals surface area (Å²) in [5, 5.41) is 6.07. The highest BCUT2D eigenvalue weighted by Crippen LogP contribution is 2.36. The fourth-order valence-electron chi connectivity index (χ4n) is 3.87. The van der Waals surface area contributed by atoms with Gasteiger partial charge in [0.2, 0.25) is 0 Å². The standard InChI is InChI=1S/C20H23F4N5S/c1-28-6-5-16(14(21)9-28)27-15-3-2-4-17-13(15)7-18(29(17)11-20(22,23)24)19-26-12(8-25)10-30-19/h2-4,7,10,14,16,27H,5-6,8-9,11,25H2,1H3/t14-,16+/m0/s1. The molecule has 30 heavy (non-hydrogen) atoms. The number of nitrogens with one attached hydrogen (secondary N) is 1. The maximum absolute atomic E-state index is 14.5. The Hall–Kier alpha value is -2.17. The van der Waals surface area contributed by atoms with E-state index in [4.69, 9.17) is 5.73 Å². The van der Waals surface area contributed by atoms with Gasteiger partial charge in [0.15, 0.2) is 0 Å². The lowest BCUT2D eigenvalue weighted by Gasteiger charge is -2.33. The molecule has 162 valence electrons. The first kappa shape index (κ1) is 21.1. The number of fused-ring (bicyclic) bond motifs is 1. The number of benzene rings is 1. The second kappa shape index (κ2) is 8.16. The monoisotopic (exact) mass is 441 g/mol. The maximum atomic E-state index is 14.5. The fourth-order valence-corrected chi connectivity index (χ4v) is 4.73. The minimum Gasteiger partial charge on any atom is -0.379 e. The van der Waals surface area contributed by atoms with Gasteiger partial charge in [-0.25, -0.2) is 9.37 Å². The molecule has 2 aromatic heterocycles. The minimum absolute atomic E-state index is 0.219. The van der Waals surface area contributed by atoms with Gasteiger partial charge in [-0.2, -0.15) is 13.2 Å². The summed E-state index contributed by atoms with van der Waals surface area (Å²) in [6.07, 6.45) is -4.83. The predicted octanol–water partition coefficient (Wildman–Crippen LogP) is 4.24. The van der Waals surface area contributed by atoms with E-state index in [1.165, 1.54) is 15.9 Å². The zero-order chi connectivity index (χ0) is 21.5. The number of hydrogen-bond donors (Lipinski definition) is 2. The van der Waals surface area contributed by atoms with E-state index in [0.29, 0.717) is 46.0 Å². The number of nitrogens with zero attached hydrogens (tertiary/aromatic N) is 3. The van der Waals surface area contributed by atoms with E-state index >= 15 is 0 Å².